The van der Waals surface area contributed by atoms with Crippen molar-refractivity contribution in [2.75, 3.05) is 0 Å². The first-order chi connectivity index (χ1) is 31.9. The second-order valence-electron chi connectivity index (χ2n) is 19.8. The van der Waals surface area contributed by atoms with E-state index in [0.717, 1.165) is 0 Å². The second kappa shape index (κ2) is 22.1. The monoisotopic (exact) mass is 1000 g/mol. The molecule has 0 heterocycles. The van der Waals surface area contributed by atoms with Gasteiger partial charge in [0.05, 0.1) is 0 Å². The Hall–Kier alpha value is -3.50. The highest BCUT2D eigenvalue weighted by Crippen LogP contribution is 2.56. The molecule has 340 valence electrons. The van der Waals surface area contributed by atoms with Gasteiger partial charge in [0, 0.05) is 19.8 Å². The van der Waals surface area contributed by atoms with Gasteiger partial charge in [-0.05, 0) is 115 Å². The molecule has 0 fully saturated rings. The topological polar surface area (TPSA) is 0 Å². The fourth-order valence-electron chi connectivity index (χ4n) is 12.5. The van der Waals surface area contributed by atoms with Crippen LogP contribution in [0.25, 0.3) is 22.3 Å². The lowest BCUT2D eigenvalue weighted by Gasteiger charge is -2.38. The molecule has 8 rings (SSSR count). The van der Waals surface area contributed by atoms with E-state index in [1.807, 2.05) is 0 Å². The molecule has 0 nitrogen and oxygen atoms in total. The number of fused-ring (bicyclic) bond motifs is 6. The van der Waals surface area contributed by atoms with Crippen LogP contribution in [0.15, 0.2) is 142 Å². The molecule has 0 saturated carbocycles. The van der Waals surface area contributed by atoms with Crippen molar-refractivity contribution in [1.82, 2.24) is 0 Å². The van der Waals surface area contributed by atoms with E-state index in [0.29, 0.717) is 0 Å². The van der Waals surface area contributed by atoms with Crippen LogP contribution in [0, 0.1) is 0 Å². The summed E-state index contributed by atoms with van der Waals surface area (Å²) in [5.41, 5.74) is 12.1. The summed E-state index contributed by atoms with van der Waals surface area (Å²) in [6.07, 6.45) is 25.3. The Morgan fingerprint density at radius 1 is 0.323 bits per heavy atom. The van der Waals surface area contributed by atoms with Crippen molar-refractivity contribution in [2.45, 2.75) is 167 Å². The third-order valence-electron chi connectivity index (χ3n) is 15.8. The smallest absolute Gasteiger partial charge is 0.0654 e. The van der Waals surface area contributed by atoms with E-state index in [1.54, 1.807) is 22.3 Å². The minimum Gasteiger partial charge on any atom is -0.0654 e. The number of hydrogen-bond acceptors (Lipinski definition) is 0. The van der Waals surface area contributed by atoms with Crippen LogP contribution < -0.4 is 20.7 Å². The quantitative estimate of drug-likeness (QED) is 0.0322. The highest BCUT2D eigenvalue weighted by molar-refractivity contribution is 9.10. The van der Waals surface area contributed by atoms with E-state index < -0.39 is 8.07 Å². The number of halogens is 2. The van der Waals surface area contributed by atoms with Crippen molar-refractivity contribution in [1.29, 1.82) is 0 Å². The minimum absolute atomic E-state index is 0.0153. The Labute approximate surface area is 411 Å². The van der Waals surface area contributed by atoms with Crippen molar-refractivity contribution in [3.05, 3.63) is 165 Å². The molecule has 0 saturated heterocycles. The van der Waals surface area contributed by atoms with Crippen LogP contribution in [-0.4, -0.2) is 8.07 Å². The second-order valence-corrected chi connectivity index (χ2v) is 25.4. The van der Waals surface area contributed by atoms with Crippen LogP contribution in [-0.2, 0) is 10.8 Å². The third kappa shape index (κ3) is 9.39. The van der Waals surface area contributed by atoms with Gasteiger partial charge in [-0.2, -0.15) is 0 Å². The van der Waals surface area contributed by atoms with Crippen molar-refractivity contribution >= 4 is 60.7 Å². The molecular weight excluding hydrogens is 933 g/mol. The van der Waals surface area contributed by atoms with Gasteiger partial charge in [-0.15, -0.1) is 0 Å². The first kappa shape index (κ1) is 48.0. The summed E-state index contributed by atoms with van der Waals surface area (Å²) < 4.78 is 2.40. The molecule has 3 heteroatoms. The minimum atomic E-state index is -2.93. The summed E-state index contributed by atoms with van der Waals surface area (Å²) >= 11 is 7.97. The van der Waals surface area contributed by atoms with Crippen LogP contribution in [0.1, 0.15) is 178 Å². The molecule has 0 spiro atoms. The van der Waals surface area contributed by atoms with Crippen LogP contribution in [0.3, 0.4) is 0 Å². The number of unbranched alkanes of at least 4 members (excludes halogenated alkanes) is 12. The lowest BCUT2D eigenvalue weighted by atomic mass is 9.70. The zero-order valence-corrected chi connectivity index (χ0v) is 44.3. The summed E-state index contributed by atoms with van der Waals surface area (Å²) in [4.78, 5) is 0. The summed E-state index contributed by atoms with van der Waals surface area (Å²) in [6, 6.07) is 53.9. The molecule has 2 aliphatic carbocycles. The first-order valence-electron chi connectivity index (χ1n) is 25.9. The maximum Gasteiger partial charge on any atom is 0.179 e. The van der Waals surface area contributed by atoms with Crippen LogP contribution in [0.5, 0.6) is 0 Å². The normalized spacial score (nSPS) is 14.2. The Morgan fingerprint density at radius 2 is 0.631 bits per heavy atom. The lowest BCUT2D eigenvalue weighted by Crippen LogP contribution is -2.75. The number of rotatable bonds is 24. The van der Waals surface area contributed by atoms with Crippen LogP contribution in [0.2, 0.25) is 0 Å². The van der Waals surface area contributed by atoms with Crippen molar-refractivity contribution in [3.8, 4) is 22.3 Å². The Morgan fingerprint density at radius 3 is 0.954 bits per heavy atom. The SMILES string of the molecule is CCCCCCC1(CCCCCC)c2cc(Br)ccc2-c2ccc([Si](c3ccccc3)(c3ccccc3)c3ccc4c(c3)C(CCCCCC)(CCCCCC)c3cc(Br)ccc3-4)cc21. The fourth-order valence-corrected chi connectivity index (χ4v) is 18.0. The van der Waals surface area contributed by atoms with E-state index in [4.69, 9.17) is 0 Å². The van der Waals surface area contributed by atoms with Crippen molar-refractivity contribution in [3.63, 3.8) is 0 Å². The predicted molar refractivity (Wildman–Crippen MR) is 293 cm³/mol. The Kier molecular flexibility index (Phi) is 16.3. The molecule has 65 heavy (non-hydrogen) atoms. The zero-order valence-electron chi connectivity index (χ0n) is 40.1. The average Bonchev–Trinajstić information content (AvgIpc) is 3.75. The molecule has 0 N–H and O–H groups in total. The maximum absolute atomic E-state index is 3.98. The van der Waals surface area contributed by atoms with Gasteiger partial charge in [0.25, 0.3) is 0 Å². The largest absolute Gasteiger partial charge is 0.179 e. The summed E-state index contributed by atoms with van der Waals surface area (Å²) in [7, 11) is -2.93. The average molecular weight is 1010 g/mol. The number of hydrogen-bond donors (Lipinski definition) is 0. The standard InChI is InChI=1S/C62H74Br2Si/c1-5-9-13-23-39-61(40-24-14-10-6-2)57-43-47(63)31-35-53(57)55-37-33-51(45-59(55)61)65(49-27-19-17-20-28-49,50-29-21-18-22-30-50)52-34-38-56-54-36-32-48(64)44-58(54)62(60(56)46-52,41-25-15-11-7-3)42-26-16-12-8-4/h17-22,27-38,43-46H,5-16,23-26,39-42H2,1-4H3. The number of benzene rings is 6. The zero-order chi connectivity index (χ0) is 45.3. The molecular formula is C62H74Br2Si. The van der Waals surface area contributed by atoms with Crippen LogP contribution in [0.4, 0.5) is 0 Å². The molecule has 0 bridgehead atoms. The van der Waals surface area contributed by atoms with Gasteiger partial charge in [0.2, 0.25) is 0 Å². The van der Waals surface area contributed by atoms with Gasteiger partial charge in [-0.25, -0.2) is 0 Å². The van der Waals surface area contributed by atoms with E-state index in [1.165, 1.54) is 180 Å². The van der Waals surface area contributed by atoms with Gasteiger partial charge in [0.15, 0.2) is 8.07 Å². The molecule has 6 aromatic carbocycles. The van der Waals surface area contributed by atoms with Gasteiger partial charge in [-0.1, -0.05) is 271 Å². The molecule has 0 aliphatic heterocycles. The van der Waals surface area contributed by atoms with Crippen molar-refractivity contribution in [2.24, 2.45) is 0 Å². The maximum atomic E-state index is 3.98. The van der Waals surface area contributed by atoms with Gasteiger partial charge < -0.3 is 0 Å². The molecule has 0 amide bonds. The highest BCUT2D eigenvalue weighted by atomic mass is 79.9. The predicted octanol–water partition coefficient (Wildman–Crippen LogP) is 17.0. The molecule has 2 aliphatic rings. The first-order valence-corrected chi connectivity index (χ1v) is 29.5. The van der Waals surface area contributed by atoms with E-state index >= 15 is 0 Å². The fraction of sp³-hybridized carbons (Fsp3) is 0.419. The summed E-state index contributed by atoms with van der Waals surface area (Å²) in [5, 5.41) is 5.97. The Balaban J connectivity index is 1.40. The van der Waals surface area contributed by atoms with E-state index in [-0.39, 0.29) is 10.8 Å². The molecule has 0 atom stereocenters. The van der Waals surface area contributed by atoms with Gasteiger partial charge >= 0.3 is 0 Å². The summed E-state index contributed by atoms with van der Waals surface area (Å²) in [5.74, 6) is 0. The van der Waals surface area contributed by atoms with E-state index in [9.17, 15) is 0 Å². The van der Waals surface area contributed by atoms with Gasteiger partial charge in [0.1, 0.15) is 0 Å². The van der Waals surface area contributed by atoms with Crippen molar-refractivity contribution < 1.29 is 0 Å². The van der Waals surface area contributed by atoms with E-state index in [2.05, 4.69) is 193 Å². The third-order valence-corrected chi connectivity index (χ3v) is 21.5. The molecule has 0 radical (unpaired) electrons. The Bertz CT molecular complexity index is 2290. The lowest BCUT2D eigenvalue weighted by molar-refractivity contribution is 0.401. The summed E-state index contributed by atoms with van der Waals surface area (Å²) in [6.45, 7) is 9.39. The molecule has 0 aromatic heterocycles. The highest BCUT2D eigenvalue weighted by Gasteiger charge is 2.49. The van der Waals surface area contributed by atoms with Crippen LogP contribution >= 0.6 is 31.9 Å². The molecule has 0 unspecified atom stereocenters. The van der Waals surface area contributed by atoms with Gasteiger partial charge in [-0.3, -0.25) is 0 Å². The molecule has 6 aromatic rings.